The summed E-state index contributed by atoms with van der Waals surface area (Å²) in [5.74, 6) is 2.59. The molecule has 1 saturated heterocycles. The Bertz CT molecular complexity index is 368. The van der Waals surface area contributed by atoms with Crippen molar-refractivity contribution >= 4 is 11.8 Å². The number of nitrogens with zero attached hydrogens (tertiary/aromatic N) is 2. The van der Waals surface area contributed by atoms with Crippen LogP contribution in [0.25, 0.3) is 0 Å². The molecule has 0 radical (unpaired) electrons. The van der Waals surface area contributed by atoms with E-state index < -0.39 is 0 Å². The van der Waals surface area contributed by atoms with E-state index in [1.165, 1.54) is 30.1 Å². The zero-order valence-corrected chi connectivity index (χ0v) is 10.4. The molecule has 16 heavy (non-hydrogen) atoms. The molecule has 2 N–H and O–H groups in total. The lowest BCUT2D eigenvalue weighted by Crippen LogP contribution is -2.31. The fourth-order valence-electron chi connectivity index (χ4n) is 2.67. The molecule has 0 saturated carbocycles. The molecule has 4 heteroatoms. The fraction of sp³-hybridized carbons (Fsp3) is 0.750. The lowest BCUT2D eigenvalue weighted by Gasteiger charge is -2.19. The second-order valence-corrected chi connectivity index (χ2v) is 6.35. The maximum Gasteiger partial charge on any atom is 0.109 e. The van der Waals surface area contributed by atoms with Gasteiger partial charge in [0.1, 0.15) is 5.82 Å². The summed E-state index contributed by atoms with van der Waals surface area (Å²) in [5.41, 5.74) is 7.25. The maximum absolute atomic E-state index is 5.97. The summed E-state index contributed by atoms with van der Waals surface area (Å²) < 4.78 is 2.27. The molecule has 2 aliphatic heterocycles. The largest absolute Gasteiger partial charge is 0.333 e. The highest BCUT2D eigenvalue weighted by Gasteiger charge is 2.21. The van der Waals surface area contributed by atoms with E-state index in [2.05, 4.69) is 22.5 Å². The highest BCUT2D eigenvalue weighted by molar-refractivity contribution is 8.00. The number of nitrogens with two attached hydrogens (primary N) is 1. The third-order valence-electron chi connectivity index (χ3n) is 3.54. The summed E-state index contributed by atoms with van der Waals surface area (Å²) in [7, 11) is 0. The van der Waals surface area contributed by atoms with Crippen LogP contribution in [0, 0.1) is 0 Å². The van der Waals surface area contributed by atoms with Crippen molar-refractivity contribution in [2.24, 2.45) is 5.73 Å². The summed E-state index contributed by atoms with van der Waals surface area (Å²) in [6.45, 7) is 0.958. The molecule has 0 spiro atoms. The van der Waals surface area contributed by atoms with Crippen LogP contribution in [0.2, 0.25) is 0 Å². The maximum atomic E-state index is 5.97. The van der Waals surface area contributed by atoms with Gasteiger partial charge >= 0.3 is 0 Å². The van der Waals surface area contributed by atoms with Crippen molar-refractivity contribution in [3.8, 4) is 0 Å². The van der Waals surface area contributed by atoms with Gasteiger partial charge in [0.05, 0.1) is 5.69 Å². The second kappa shape index (κ2) is 4.41. The van der Waals surface area contributed by atoms with E-state index in [1.54, 1.807) is 0 Å². The van der Waals surface area contributed by atoms with Gasteiger partial charge in [-0.3, -0.25) is 0 Å². The quantitative estimate of drug-likeness (QED) is 0.849. The van der Waals surface area contributed by atoms with Crippen molar-refractivity contribution in [3.63, 3.8) is 0 Å². The van der Waals surface area contributed by atoms with Crippen molar-refractivity contribution in [1.29, 1.82) is 0 Å². The minimum Gasteiger partial charge on any atom is -0.333 e. The van der Waals surface area contributed by atoms with Crippen molar-refractivity contribution in [2.45, 2.75) is 49.9 Å². The average molecular weight is 237 g/mol. The summed E-state index contributed by atoms with van der Waals surface area (Å²) in [5, 5.41) is 0.811. The van der Waals surface area contributed by atoms with E-state index in [0.29, 0.717) is 6.04 Å². The third-order valence-corrected chi connectivity index (χ3v) is 4.94. The summed E-state index contributed by atoms with van der Waals surface area (Å²) >= 11 is 2.11. The van der Waals surface area contributed by atoms with E-state index in [1.807, 2.05) is 0 Å². The standard InChI is InChI=1S/C12H19N3S/c13-9-3-4-12-14-10(8-15(12)7-9)6-11-2-1-5-16-11/h8-9,11H,1-7,13H2. The summed E-state index contributed by atoms with van der Waals surface area (Å²) in [6, 6.07) is 0.329. The Kier molecular flexibility index (Phi) is 2.94. The molecule has 1 aromatic rings. The smallest absolute Gasteiger partial charge is 0.109 e. The number of aromatic nitrogens is 2. The minimum atomic E-state index is 0.329. The van der Waals surface area contributed by atoms with Crippen LogP contribution in [0.1, 0.15) is 30.8 Å². The highest BCUT2D eigenvalue weighted by atomic mass is 32.2. The van der Waals surface area contributed by atoms with Gasteiger partial charge in [-0.25, -0.2) is 4.98 Å². The van der Waals surface area contributed by atoms with E-state index in [9.17, 15) is 0 Å². The van der Waals surface area contributed by atoms with Crippen LogP contribution in [0.3, 0.4) is 0 Å². The summed E-state index contributed by atoms with van der Waals surface area (Å²) in [6.07, 6.45) is 8.28. The van der Waals surface area contributed by atoms with Crippen LogP contribution in [0.4, 0.5) is 0 Å². The first kappa shape index (κ1) is 10.7. The predicted molar refractivity (Wildman–Crippen MR) is 67.7 cm³/mol. The van der Waals surface area contributed by atoms with Crippen molar-refractivity contribution < 1.29 is 0 Å². The number of rotatable bonds is 2. The molecule has 1 aromatic heterocycles. The first-order chi connectivity index (χ1) is 7.81. The van der Waals surface area contributed by atoms with Gasteiger partial charge in [0, 0.05) is 36.9 Å². The van der Waals surface area contributed by atoms with Crippen molar-refractivity contribution in [3.05, 3.63) is 17.7 Å². The van der Waals surface area contributed by atoms with Crippen LogP contribution in [-0.4, -0.2) is 26.6 Å². The Morgan fingerprint density at radius 2 is 2.44 bits per heavy atom. The molecule has 1 fully saturated rings. The number of imidazole rings is 1. The first-order valence-corrected chi connectivity index (χ1v) is 7.28. The molecule has 0 amide bonds. The lowest BCUT2D eigenvalue weighted by atomic mass is 10.1. The van der Waals surface area contributed by atoms with Crippen LogP contribution < -0.4 is 5.73 Å². The second-order valence-electron chi connectivity index (χ2n) is 4.94. The molecule has 2 unspecified atom stereocenters. The van der Waals surface area contributed by atoms with Gasteiger partial charge in [0.2, 0.25) is 0 Å². The number of hydrogen-bond acceptors (Lipinski definition) is 3. The number of fused-ring (bicyclic) bond motifs is 1. The monoisotopic (exact) mass is 237 g/mol. The van der Waals surface area contributed by atoms with E-state index in [-0.39, 0.29) is 0 Å². The van der Waals surface area contributed by atoms with E-state index >= 15 is 0 Å². The molecule has 2 aliphatic rings. The zero-order chi connectivity index (χ0) is 11.0. The van der Waals surface area contributed by atoms with Crippen LogP contribution in [0.15, 0.2) is 6.20 Å². The molecular formula is C12H19N3S. The van der Waals surface area contributed by atoms with Gasteiger partial charge in [-0.1, -0.05) is 0 Å². The Morgan fingerprint density at radius 1 is 1.50 bits per heavy atom. The van der Waals surface area contributed by atoms with Gasteiger partial charge in [-0.2, -0.15) is 11.8 Å². The number of thioether (sulfide) groups is 1. The fourth-order valence-corrected chi connectivity index (χ4v) is 3.95. The minimum absolute atomic E-state index is 0.329. The first-order valence-electron chi connectivity index (χ1n) is 6.23. The normalized spacial score (nSPS) is 29.3. The van der Waals surface area contributed by atoms with Crippen molar-refractivity contribution in [1.82, 2.24) is 9.55 Å². The Labute approximate surface area is 101 Å². The third kappa shape index (κ3) is 2.13. The Hall–Kier alpha value is -0.480. The molecule has 3 nitrogen and oxygen atoms in total. The molecule has 2 atom stereocenters. The average Bonchev–Trinajstić information content (AvgIpc) is 2.86. The van der Waals surface area contributed by atoms with Crippen molar-refractivity contribution in [2.75, 3.05) is 5.75 Å². The zero-order valence-electron chi connectivity index (χ0n) is 9.56. The Morgan fingerprint density at radius 3 is 3.25 bits per heavy atom. The van der Waals surface area contributed by atoms with E-state index in [4.69, 9.17) is 10.7 Å². The van der Waals surface area contributed by atoms with Gasteiger partial charge < -0.3 is 10.3 Å². The summed E-state index contributed by atoms with van der Waals surface area (Å²) in [4.78, 5) is 4.74. The molecule has 88 valence electrons. The van der Waals surface area contributed by atoms with Crippen LogP contribution in [-0.2, 0) is 19.4 Å². The Balaban J connectivity index is 1.71. The highest BCUT2D eigenvalue weighted by Crippen LogP contribution is 2.29. The number of aryl methyl sites for hydroxylation is 1. The van der Waals surface area contributed by atoms with Crippen LogP contribution in [0.5, 0.6) is 0 Å². The van der Waals surface area contributed by atoms with Crippen LogP contribution >= 0.6 is 11.8 Å². The molecular weight excluding hydrogens is 218 g/mol. The molecule has 0 aromatic carbocycles. The van der Waals surface area contributed by atoms with Gasteiger partial charge in [0.15, 0.2) is 0 Å². The van der Waals surface area contributed by atoms with Gasteiger partial charge in [-0.05, 0) is 25.0 Å². The molecule has 3 heterocycles. The predicted octanol–water partition coefficient (Wildman–Crippen LogP) is 1.59. The van der Waals surface area contributed by atoms with Gasteiger partial charge in [0.25, 0.3) is 0 Å². The molecule has 0 bridgehead atoms. The van der Waals surface area contributed by atoms with Gasteiger partial charge in [-0.15, -0.1) is 0 Å². The van der Waals surface area contributed by atoms with E-state index in [0.717, 1.165) is 31.1 Å². The topological polar surface area (TPSA) is 43.8 Å². The lowest BCUT2D eigenvalue weighted by molar-refractivity contribution is 0.453. The SMILES string of the molecule is NC1CCc2nc(CC3CCCS3)cn2C1. The number of hydrogen-bond donors (Lipinski definition) is 1. The molecule has 3 rings (SSSR count). The molecule has 0 aliphatic carbocycles.